The molecule has 94 valence electrons. The van der Waals surface area contributed by atoms with E-state index in [0.717, 1.165) is 5.56 Å². The van der Waals surface area contributed by atoms with Crippen molar-refractivity contribution in [2.75, 3.05) is 6.54 Å². The summed E-state index contributed by atoms with van der Waals surface area (Å²) in [5.41, 5.74) is 0.869. The Balaban J connectivity index is 2.62. The molecule has 1 aromatic carbocycles. The van der Waals surface area contributed by atoms with Gasteiger partial charge in [-0.15, -0.1) is 0 Å². The Morgan fingerprint density at radius 3 is 2.71 bits per heavy atom. The molecule has 1 atom stereocenters. The third-order valence-electron chi connectivity index (χ3n) is 2.20. The van der Waals surface area contributed by atoms with Crippen molar-refractivity contribution in [1.29, 1.82) is 0 Å². The van der Waals surface area contributed by atoms with Crippen LogP contribution in [0.3, 0.4) is 0 Å². The van der Waals surface area contributed by atoms with Crippen molar-refractivity contribution in [1.82, 2.24) is 5.32 Å². The maximum atomic E-state index is 10.9. The van der Waals surface area contributed by atoms with Crippen LogP contribution in [-0.2, 0) is 10.1 Å². The van der Waals surface area contributed by atoms with Gasteiger partial charge < -0.3 is 5.32 Å². The van der Waals surface area contributed by atoms with Crippen molar-refractivity contribution in [3.8, 4) is 0 Å². The van der Waals surface area contributed by atoms with Crippen molar-refractivity contribution in [3.05, 3.63) is 34.9 Å². The summed E-state index contributed by atoms with van der Waals surface area (Å²) in [5, 5.41) is 1.29. The first-order valence-electron chi connectivity index (χ1n) is 4.81. The summed E-state index contributed by atoms with van der Waals surface area (Å²) in [6.07, 6.45) is 0. The quantitative estimate of drug-likeness (QED) is 0.828. The van der Waals surface area contributed by atoms with E-state index in [1.807, 2.05) is 6.07 Å². The van der Waals surface area contributed by atoms with E-state index in [1.165, 1.54) is 0 Å². The molecule has 0 aliphatic rings. The number of halogens is 1. The highest BCUT2D eigenvalue weighted by Gasteiger charge is 2.18. The first-order valence-corrected chi connectivity index (χ1v) is 6.63. The van der Waals surface area contributed by atoms with Crippen LogP contribution in [0.5, 0.6) is 0 Å². The van der Waals surface area contributed by atoms with Gasteiger partial charge in [-0.1, -0.05) is 30.7 Å². The molecule has 0 radical (unpaired) electrons. The number of hydrogen-bond donors (Lipinski definition) is 2. The number of amides is 1. The van der Waals surface area contributed by atoms with Crippen molar-refractivity contribution in [2.24, 2.45) is 0 Å². The molecule has 7 heteroatoms. The van der Waals surface area contributed by atoms with Crippen LogP contribution in [0.2, 0.25) is 5.02 Å². The topological polar surface area (TPSA) is 83.5 Å². The third kappa shape index (κ3) is 4.33. The van der Waals surface area contributed by atoms with Crippen LogP contribution in [0.15, 0.2) is 24.3 Å². The molecular weight excluding hydrogens is 266 g/mol. The van der Waals surface area contributed by atoms with Gasteiger partial charge in [-0.2, -0.15) is 8.42 Å². The average molecular weight is 278 g/mol. The molecule has 17 heavy (non-hydrogen) atoms. The van der Waals surface area contributed by atoms with E-state index in [9.17, 15) is 13.2 Å². The Bertz CT molecular complexity index is 515. The maximum Gasteiger partial charge on any atom is 0.363 e. The van der Waals surface area contributed by atoms with E-state index in [-0.39, 0.29) is 12.5 Å². The number of rotatable bonds is 3. The van der Waals surface area contributed by atoms with E-state index < -0.39 is 15.4 Å². The number of carbonyl (C=O) groups excluding carboxylic acids is 1. The molecule has 1 unspecified atom stereocenters. The zero-order valence-electron chi connectivity index (χ0n) is 9.05. The van der Waals surface area contributed by atoms with E-state index in [4.69, 9.17) is 16.2 Å². The van der Waals surface area contributed by atoms with Gasteiger partial charge >= 0.3 is 15.4 Å². The summed E-state index contributed by atoms with van der Waals surface area (Å²) in [6.45, 7) is 1.90. The monoisotopic (exact) mass is 277 g/mol. The Labute approximate surface area is 105 Å². The van der Waals surface area contributed by atoms with Gasteiger partial charge in [0.15, 0.2) is 0 Å². The predicted molar refractivity (Wildman–Crippen MR) is 64.8 cm³/mol. The number of benzene rings is 1. The molecule has 1 rings (SSSR count). The van der Waals surface area contributed by atoms with Gasteiger partial charge in [0.25, 0.3) is 0 Å². The highest BCUT2D eigenvalue weighted by Crippen LogP contribution is 2.18. The maximum absolute atomic E-state index is 10.9. The Kier molecular flexibility index (Phi) is 4.50. The fourth-order valence-corrected chi connectivity index (χ4v) is 1.72. The second kappa shape index (κ2) is 5.48. The second-order valence-corrected chi connectivity index (χ2v) is 5.36. The van der Waals surface area contributed by atoms with Crippen molar-refractivity contribution >= 4 is 27.0 Å². The van der Waals surface area contributed by atoms with Crippen LogP contribution in [0.1, 0.15) is 18.4 Å². The molecule has 0 aliphatic heterocycles. The van der Waals surface area contributed by atoms with Crippen LogP contribution in [-0.4, -0.2) is 24.8 Å². The summed E-state index contributed by atoms with van der Waals surface area (Å²) < 4.78 is 29.4. The molecule has 0 heterocycles. The summed E-state index contributed by atoms with van der Waals surface area (Å²) in [4.78, 5) is 10.9. The van der Waals surface area contributed by atoms with Gasteiger partial charge in [-0.3, -0.25) is 9.35 Å². The largest absolute Gasteiger partial charge is 0.363 e. The van der Waals surface area contributed by atoms with Gasteiger partial charge in [0.2, 0.25) is 0 Å². The lowest BCUT2D eigenvalue weighted by atomic mass is 10.0. The normalized spacial score (nSPS) is 13.1. The lowest BCUT2D eigenvalue weighted by molar-refractivity contribution is 0.255. The van der Waals surface area contributed by atoms with Gasteiger partial charge in [-0.25, -0.2) is 0 Å². The van der Waals surface area contributed by atoms with E-state index in [2.05, 4.69) is 5.32 Å². The standard InChI is InChI=1S/C10H12ClNO4S/c1-7(6-12-10(13)17(14,15)16)8-3-2-4-9(11)5-8/h2-5,7H,6H2,1H3,(H,12,13)(H,14,15,16). The molecule has 1 amide bonds. The highest BCUT2D eigenvalue weighted by atomic mass is 35.5. The van der Waals surface area contributed by atoms with Gasteiger partial charge in [-0.05, 0) is 23.6 Å². The number of nitrogens with one attached hydrogen (secondary N) is 1. The molecule has 2 N–H and O–H groups in total. The summed E-state index contributed by atoms with van der Waals surface area (Å²) >= 11 is 5.80. The van der Waals surface area contributed by atoms with Crippen LogP contribution < -0.4 is 5.32 Å². The molecule has 0 aromatic heterocycles. The van der Waals surface area contributed by atoms with Crippen molar-refractivity contribution < 1.29 is 17.8 Å². The van der Waals surface area contributed by atoms with E-state index in [1.54, 1.807) is 25.1 Å². The molecule has 0 saturated heterocycles. The van der Waals surface area contributed by atoms with Crippen LogP contribution in [0.25, 0.3) is 0 Å². The molecule has 0 fully saturated rings. The molecule has 1 aromatic rings. The average Bonchev–Trinajstić information content (AvgIpc) is 2.24. The Hall–Kier alpha value is -1.11. The van der Waals surface area contributed by atoms with E-state index in [0.29, 0.717) is 5.02 Å². The minimum absolute atomic E-state index is 0.0962. The van der Waals surface area contributed by atoms with Crippen molar-refractivity contribution in [2.45, 2.75) is 12.8 Å². The Morgan fingerprint density at radius 2 is 2.18 bits per heavy atom. The second-order valence-electron chi connectivity index (χ2n) is 3.60. The van der Waals surface area contributed by atoms with Gasteiger partial charge in [0, 0.05) is 11.6 Å². The zero-order chi connectivity index (χ0) is 13.1. The lowest BCUT2D eigenvalue weighted by Gasteiger charge is -2.12. The lowest BCUT2D eigenvalue weighted by Crippen LogP contribution is -2.31. The Morgan fingerprint density at radius 1 is 1.53 bits per heavy atom. The predicted octanol–water partition coefficient (Wildman–Crippen LogP) is 2.04. The molecule has 0 spiro atoms. The highest BCUT2D eigenvalue weighted by molar-refractivity contribution is 8.01. The summed E-state index contributed by atoms with van der Waals surface area (Å²) in [5.74, 6) is -0.112. The molecule has 0 aliphatic carbocycles. The summed E-state index contributed by atoms with van der Waals surface area (Å²) in [6, 6.07) is 7.02. The molecule has 0 bridgehead atoms. The minimum atomic E-state index is -4.66. The first kappa shape index (κ1) is 14.0. The van der Waals surface area contributed by atoms with Gasteiger partial charge in [0.1, 0.15) is 0 Å². The molecule has 0 saturated carbocycles. The SMILES string of the molecule is CC(CNC(=O)S(=O)(=O)O)c1cccc(Cl)c1. The fraction of sp³-hybridized carbons (Fsp3) is 0.300. The minimum Gasteiger partial charge on any atom is -0.340 e. The fourth-order valence-electron chi connectivity index (χ4n) is 1.26. The van der Waals surface area contributed by atoms with Crippen molar-refractivity contribution in [3.63, 3.8) is 0 Å². The zero-order valence-corrected chi connectivity index (χ0v) is 10.6. The van der Waals surface area contributed by atoms with Crippen LogP contribution >= 0.6 is 11.6 Å². The molecule has 5 nitrogen and oxygen atoms in total. The van der Waals surface area contributed by atoms with Crippen LogP contribution in [0, 0.1) is 0 Å². The third-order valence-corrected chi connectivity index (χ3v) is 3.05. The molecular formula is C10H12ClNO4S. The summed E-state index contributed by atoms with van der Waals surface area (Å²) in [7, 11) is -4.66. The van der Waals surface area contributed by atoms with Gasteiger partial charge in [0.05, 0.1) is 0 Å². The number of hydrogen-bond acceptors (Lipinski definition) is 3. The first-order chi connectivity index (χ1) is 7.80. The van der Waals surface area contributed by atoms with Crippen LogP contribution in [0.4, 0.5) is 4.79 Å². The smallest absolute Gasteiger partial charge is 0.340 e. The number of carbonyl (C=O) groups is 1. The van der Waals surface area contributed by atoms with E-state index >= 15 is 0 Å².